The number of hydrogen-bond donors (Lipinski definition) is 1. The monoisotopic (exact) mass is 286 g/mol. The van der Waals surface area contributed by atoms with Gasteiger partial charge in [0.25, 0.3) is 0 Å². The third-order valence-electron chi connectivity index (χ3n) is 1.53. The Morgan fingerprint density at radius 2 is 1.71 bits per heavy atom. The lowest BCUT2D eigenvalue weighted by atomic mass is 10.1. The van der Waals surface area contributed by atoms with Crippen LogP contribution in [0.4, 0.5) is 22.0 Å². The molecule has 0 bridgehead atoms. The number of esters is 1. The van der Waals surface area contributed by atoms with Gasteiger partial charge in [-0.2, -0.15) is 30.4 Å². The van der Waals surface area contributed by atoms with Crippen LogP contribution in [0, 0.1) is 5.92 Å². The van der Waals surface area contributed by atoms with E-state index in [4.69, 9.17) is 4.55 Å². The van der Waals surface area contributed by atoms with Gasteiger partial charge in [-0.05, 0) is 6.92 Å². The van der Waals surface area contributed by atoms with Gasteiger partial charge in [-0.1, -0.05) is 0 Å². The maximum atomic E-state index is 12.8. The molecule has 1 unspecified atom stereocenters. The molecule has 1 N–H and O–H groups in total. The standard InChI is InChI=1S/C6H7F5O5S/c1-2-16-4(12)3(5(7,8)9)6(10,11)17(13,14)15/h3H,2H2,1H3,(H,13,14,15). The lowest BCUT2D eigenvalue weighted by Crippen LogP contribution is -2.49. The van der Waals surface area contributed by atoms with Gasteiger partial charge in [-0.25, -0.2) is 0 Å². The van der Waals surface area contributed by atoms with Crippen molar-refractivity contribution in [3.63, 3.8) is 0 Å². The highest BCUT2D eigenvalue weighted by atomic mass is 32.2. The normalized spacial score (nSPS) is 15.5. The fourth-order valence-electron chi connectivity index (χ4n) is 0.836. The third kappa shape index (κ3) is 3.49. The molecular formula is C6H7F5O5S. The smallest absolute Gasteiger partial charge is 0.409 e. The summed E-state index contributed by atoms with van der Waals surface area (Å²) in [6, 6.07) is 0. The van der Waals surface area contributed by atoms with Crippen molar-refractivity contribution in [3.8, 4) is 0 Å². The Hall–Kier alpha value is -0.970. The highest BCUT2D eigenvalue weighted by Gasteiger charge is 2.67. The molecule has 102 valence electrons. The molecule has 0 spiro atoms. The van der Waals surface area contributed by atoms with Crippen LogP contribution in [0.2, 0.25) is 0 Å². The molecule has 0 radical (unpaired) electrons. The molecule has 0 aliphatic rings. The van der Waals surface area contributed by atoms with E-state index in [1.165, 1.54) is 0 Å². The zero-order valence-electron chi connectivity index (χ0n) is 8.16. The van der Waals surface area contributed by atoms with Crippen molar-refractivity contribution in [3.05, 3.63) is 0 Å². The summed E-state index contributed by atoms with van der Waals surface area (Å²) < 4.78 is 94.1. The van der Waals surface area contributed by atoms with Crippen LogP contribution >= 0.6 is 0 Å². The first-order chi connectivity index (χ1) is 7.35. The Morgan fingerprint density at radius 3 is 1.94 bits per heavy atom. The maximum absolute atomic E-state index is 12.8. The van der Waals surface area contributed by atoms with Gasteiger partial charge in [0.15, 0.2) is 0 Å². The molecule has 0 aromatic heterocycles. The number of carbonyl (C=O) groups is 1. The number of ether oxygens (including phenoxy) is 1. The average molecular weight is 286 g/mol. The van der Waals surface area contributed by atoms with Crippen LogP contribution in [-0.4, -0.2) is 37.0 Å². The zero-order valence-corrected chi connectivity index (χ0v) is 8.98. The first kappa shape index (κ1) is 16.0. The number of rotatable bonds is 4. The van der Waals surface area contributed by atoms with Crippen LogP contribution in [0.3, 0.4) is 0 Å². The molecule has 0 heterocycles. The minimum Gasteiger partial charge on any atom is -0.465 e. The van der Waals surface area contributed by atoms with E-state index in [1.807, 2.05) is 0 Å². The van der Waals surface area contributed by atoms with Crippen LogP contribution in [0.15, 0.2) is 0 Å². The van der Waals surface area contributed by atoms with Crippen molar-refractivity contribution in [1.29, 1.82) is 0 Å². The summed E-state index contributed by atoms with van der Waals surface area (Å²) in [5.74, 6) is -6.76. The summed E-state index contributed by atoms with van der Waals surface area (Å²) in [7, 11) is -6.40. The summed E-state index contributed by atoms with van der Waals surface area (Å²) >= 11 is 0. The molecule has 0 aliphatic carbocycles. The van der Waals surface area contributed by atoms with Crippen LogP contribution in [0.5, 0.6) is 0 Å². The lowest BCUT2D eigenvalue weighted by Gasteiger charge is -2.24. The van der Waals surface area contributed by atoms with Gasteiger partial charge in [0.05, 0.1) is 6.61 Å². The van der Waals surface area contributed by atoms with Gasteiger partial charge in [0.2, 0.25) is 5.92 Å². The number of carbonyl (C=O) groups excluding carboxylic acids is 1. The molecule has 0 rings (SSSR count). The van der Waals surface area contributed by atoms with Gasteiger partial charge in [-0.15, -0.1) is 0 Å². The fourth-order valence-corrected chi connectivity index (χ4v) is 1.36. The van der Waals surface area contributed by atoms with E-state index in [-0.39, 0.29) is 0 Å². The van der Waals surface area contributed by atoms with Crippen molar-refractivity contribution >= 4 is 16.1 Å². The van der Waals surface area contributed by atoms with Gasteiger partial charge in [0.1, 0.15) is 0 Å². The molecule has 0 saturated heterocycles. The van der Waals surface area contributed by atoms with E-state index in [0.29, 0.717) is 0 Å². The molecule has 0 aromatic carbocycles. The maximum Gasteiger partial charge on any atom is 0.409 e. The quantitative estimate of drug-likeness (QED) is 0.477. The minimum atomic E-state index is -6.40. The largest absolute Gasteiger partial charge is 0.465 e. The third-order valence-corrected chi connectivity index (χ3v) is 2.45. The Labute approximate surface area is 92.3 Å². The van der Waals surface area contributed by atoms with Gasteiger partial charge in [0, 0.05) is 0 Å². The van der Waals surface area contributed by atoms with E-state index >= 15 is 0 Å². The summed E-state index contributed by atoms with van der Waals surface area (Å²) in [5, 5.41) is -5.71. The summed E-state index contributed by atoms with van der Waals surface area (Å²) in [5.41, 5.74) is 0. The van der Waals surface area contributed by atoms with Crippen LogP contribution < -0.4 is 0 Å². The second-order valence-corrected chi connectivity index (χ2v) is 4.26. The van der Waals surface area contributed by atoms with E-state index in [2.05, 4.69) is 4.74 Å². The Bertz CT molecular complexity index is 386. The predicted molar refractivity (Wildman–Crippen MR) is 42.7 cm³/mol. The van der Waals surface area contributed by atoms with E-state index in [0.717, 1.165) is 6.92 Å². The topological polar surface area (TPSA) is 80.7 Å². The molecule has 11 heteroatoms. The highest BCUT2D eigenvalue weighted by Crippen LogP contribution is 2.41. The van der Waals surface area contributed by atoms with Gasteiger partial charge < -0.3 is 4.74 Å². The average Bonchev–Trinajstić information content (AvgIpc) is 1.97. The van der Waals surface area contributed by atoms with Crippen molar-refractivity contribution in [1.82, 2.24) is 0 Å². The van der Waals surface area contributed by atoms with Crippen molar-refractivity contribution in [2.45, 2.75) is 18.4 Å². The SMILES string of the molecule is CCOC(=O)C(C(F)(F)F)C(F)(F)S(=O)(=O)O. The minimum absolute atomic E-state index is 0.660. The summed E-state index contributed by atoms with van der Waals surface area (Å²) in [6.07, 6.45) is -5.88. The second-order valence-electron chi connectivity index (χ2n) is 2.76. The molecule has 0 fully saturated rings. The molecule has 0 aliphatic heterocycles. The highest BCUT2D eigenvalue weighted by molar-refractivity contribution is 7.86. The lowest BCUT2D eigenvalue weighted by molar-refractivity contribution is -0.228. The number of halogens is 5. The Morgan fingerprint density at radius 1 is 1.29 bits per heavy atom. The Balaban J connectivity index is 5.59. The van der Waals surface area contributed by atoms with Gasteiger partial charge >= 0.3 is 27.5 Å². The fraction of sp³-hybridized carbons (Fsp3) is 0.833. The molecule has 0 aromatic rings. The van der Waals surface area contributed by atoms with Crippen molar-refractivity contribution < 1.29 is 44.5 Å². The van der Waals surface area contributed by atoms with Crippen LogP contribution in [0.25, 0.3) is 0 Å². The predicted octanol–water partition coefficient (Wildman–Crippen LogP) is 1.21. The van der Waals surface area contributed by atoms with E-state index in [1.54, 1.807) is 0 Å². The Kier molecular flexibility index (Phi) is 4.45. The molecule has 17 heavy (non-hydrogen) atoms. The summed E-state index contributed by atoms with van der Waals surface area (Å²) in [6.45, 7) is 0.379. The molecule has 0 saturated carbocycles. The first-order valence-electron chi connectivity index (χ1n) is 3.93. The van der Waals surface area contributed by atoms with Crippen molar-refractivity contribution in [2.75, 3.05) is 6.61 Å². The van der Waals surface area contributed by atoms with Gasteiger partial charge in [-0.3, -0.25) is 9.35 Å². The zero-order chi connectivity index (χ0) is 14.1. The second kappa shape index (κ2) is 4.72. The first-order valence-corrected chi connectivity index (χ1v) is 5.38. The van der Waals surface area contributed by atoms with E-state index in [9.17, 15) is 35.2 Å². The van der Waals surface area contributed by atoms with Crippen LogP contribution in [0.1, 0.15) is 6.92 Å². The molecule has 1 atom stereocenters. The number of hydrogen-bond acceptors (Lipinski definition) is 4. The molecular weight excluding hydrogens is 279 g/mol. The number of alkyl halides is 5. The van der Waals surface area contributed by atoms with Crippen molar-refractivity contribution in [2.24, 2.45) is 5.92 Å². The summed E-state index contributed by atoms with van der Waals surface area (Å²) in [4.78, 5) is 10.7. The van der Waals surface area contributed by atoms with E-state index < -0.39 is 40.0 Å². The molecule has 0 amide bonds. The molecule has 5 nitrogen and oxygen atoms in total. The van der Waals surface area contributed by atoms with Crippen LogP contribution in [-0.2, 0) is 19.6 Å².